The molecule has 0 bridgehead atoms. The number of aryl methyl sites for hydroxylation is 1. The van der Waals surface area contributed by atoms with Gasteiger partial charge in [0.1, 0.15) is 11.8 Å². The number of nitrogens with one attached hydrogen (secondary N) is 1. The number of rotatable bonds is 9. The van der Waals surface area contributed by atoms with Crippen molar-refractivity contribution >= 4 is 34.4 Å². The Balaban J connectivity index is 2.20. The molecule has 0 radical (unpaired) electrons. The molecule has 0 heterocycles. The standard InChI is InChI=1S/C22H27IN2O3/c1-4-20(22(27)24-5-2)25(14-17-9-7-6-8-16(17)3)21(26)15-28-19-12-10-18(23)11-13-19/h6-13,20H,4-5,14-15H2,1-3H3,(H,24,27)/t20-/m1/s1. The number of hydrogen-bond donors (Lipinski definition) is 1. The Kier molecular flexibility index (Phi) is 8.76. The summed E-state index contributed by atoms with van der Waals surface area (Å²) in [6.45, 7) is 6.59. The van der Waals surface area contributed by atoms with Gasteiger partial charge < -0.3 is 15.0 Å². The van der Waals surface area contributed by atoms with E-state index in [1.165, 1.54) is 0 Å². The molecule has 2 aromatic carbocycles. The van der Waals surface area contributed by atoms with Crippen LogP contribution >= 0.6 is 22.6 Å². The second-order valence-electron chi connectivity index (χ2n) is 6.51. The highest BCUT2D eigenvalue weighted by Crippen LogP contribution is 2.17. The number of likely N-dealkylation sites (N-methyl/N-ethyl adjacent to an activating group) is 1. The molecule has 0 saturated carbocycles. The van der Waals surface area contributed by atoms with Crippen LogP contribution in [0.25, 0.3) is 0 Å². The first-order chi connectivity index (χ1) is 13.5. The average molecular weight is 494 g/mol. The number of halogens is 1. The molecule has 2 aromatic rings. The first kappa shape index (κ1) is 22.2. The second-order valence-corrected chi connectivity index (χ2v) is 7.75. The smallest absolute Gasteiger partial charge is 0.261 e. The third kappa shape index (κ3) is 6.22. The minimum Gasteiger partial charge on any atom is -0.484 e. The highest BCUT2D eigenvalue weighted by atomic mass is 127. The Bertz CT molecular complexity index is 793. The van der Waals surface area contributed by atoms with Crippen molar-refractivity contribution in [2.24, 2.45) is 0 Å². The van der Waals surface area contributed by atoms with E-state index in [1.807, 2.05) is 69.3 Å². The summed E-state index contributed by atoms with van der Waals surface area (Å²) in [5.74, 6) is 0.289. The van der Waals surface area contributed by atoms with Crippen LogP contribution in [0, 0.1) is 10.5 Å². The van der Waals surface area contributed by atoms with Crippen LogP contribution in [-0.4, -0.2) is 35.9 Å². The highest BCUT2D eigenvalue weighted by Gasteiger charge is 2.28. The molecule has 0 aliphatic rings. The van der Waals surface area contributed by atoms with Gasteiger partial charge in [-0.1, -0.05) is 31.2 Å². The van der Waals surface area contributed by atoms with Gasteiger partial charge in [0, 0.05) is 16.7 Å². The maximum atomic E-state index is 13.0. The van der Waals surface area contributed by atoms with E-state index >= 15 is 0 Å². The lowest BCUT2D eigenvalue weighted by Crippen LogP contribution is -2.50. The quantitative estimate of drug-likeness (QED) is 0.538. The monoisotopic (exact) mass is 494 g/mol. The summed E-state index contributed by atoms with van der Waals surface area (Å²) in [6, 6.07) is 14.9. The van der Waals surface area contributed by atoms with E-state index in [0.29, 0.717) is 25.3 Å². The fourth-order valence-electron chi connectivity index (χ4n) is 2.94. The largest absolute Gasteiger partial charge is 0.484 e. The van der Waals surface area contributed by atoms with Crippen molar-refractivity contribution in [3.8, 4) is 5.75 Å². The van der Waals surface area contributed by atoms with Crippen LogP contribution in [0.4, 0.5) is 0 Å². The Morgan fingerprint density at radius 3 is 2.39 bits per heavy atom. The molecule has 1 N–H and O–H groups in total. The zero-order valence-electron chi connectivity index (χ0n) is 16.6. The first-order valence-electron chi connectivity index (χ1n) is 9.46. The lowest BCUT2D eigenvalue weighted by atomic mass is 10.1. The van der Waals surface area contributed by atoms with Gasteiger partial charge in [-0.15, -0.1) is 0 Å². The Morgan fingerprint density at radius 2 is 1.79 bits per heavy atom. The highest BCUT2D eigenvalue weighted by molar-refractivity contribution is 14.1. The SMILES string of the molecule is CCNC(=O)[C@@H](CC)N(Cc1ccccc1C)C(=O)COc1ccc(I)cc1. The molecule has 2 rings (SSSR count). The fourth-order valence-corrected chi connectivity index (χ4v) is 3.30. The number of nitrogens with zero attached hydrogens (tertiary/aromatic N) is 1. The molecular formula is C22H27IN2O3. The number of benzene rings is 2. The number of amides is 2. The van der Waals surface area contributed by atoms with Gasteiger partial charge in [-0.05, 0) is 78.3 Å². The normalized spacial score (nSPS) is 11.6. The van der Waals surface area contributed by atoms with Crippen LogP contribution in [0.2, 0.25) is 0 Å². The number of carbonyl (C=O) groups is 2. The molecule has 0 saturated heterocycles. The van der Waals surface area contributed by atoms with Crippen LogP contribution in [0.1, 0.15) is 31.4 Å². The predicted molar refractivity (Wildman–Crippen MR) is 119 cm³/mol. The van der Waals surface area contributed by atoms with Crippen LogP contribution < -0.4 is 10.1 Å². The Hall–Kier alpha value is -2.09. The van der Waals surface area contributed by atoms with Crippen LogP contribution in [-0.2, 0) is 16.1 Å². The maximum Gasteiger partial charge on any atom is 0.261 e. The molecule has 0 spiro atoms. The second kappa shape index (κ2) is 11.0. The molecule has 0 unspecified atom stereocenters. The summed E-state index contributed by atoms with van der Waals surface area (Å²) in [5, 5.41) is 2.84. The van der Waals surface area contributed by atoms with Crippen LogP contribution in [0.5, 0.6) is 5.75 Å². The zero-order valence-corrected chi connectivity index (χ0v) is 18.7. The third-order valence-electron chi connectivity index (χ3n) is 4.51. The van der Waals surface area contributed by atoms with Crippen LogP contribution in [0.15, 0.2) is 48.5 Å². The van der Waals surface area contributed by atoms with E-state index < -0.39 is 6.04 Å². The molecule has 0 fully saturated rings. The Labute approximate surface area is 180 Å². The summed E-state index contributed by atoms with van der Waals surface area (Å²) < 4.78 is 6.78. The van der Waals surface area contributed by atoms with Gasteiger partial charge in [0.15, 0.2) is 6.61 Å². The van der Waals surface area contributed by atoms with E-state index in [0.717, 1.165) is 14.7 Å². The molecule has 1 atom stereocenters. The van der Waals surface area contributed by atoms with Crippen molar-refractivity contribution in [3.05, 3.63) is 63.2 Å². The lowest BCUT2D eigenvalue weighted by Gasteiger charge is -2.31. The third-order valence-corrected chi connectivity index (χ3v) is 5.23. The number of hydrogen-bond acceptors (Lipinski definition) is 3. The van der Waals surface area contributed by atoms with E-state index in [2.05, 4.69) is 27.9 Å². The lowest BCUT2D eigenvalue weighted by molar-refractivity contribution is -0.142. The van der Waals surface area contributed by atoms with Gasteiger partial charge >= 0.3 is 0 Å². The molecule has 6 heteroatoms. The van der Waals surface area contributed by atoms with Gasteiger partial charge in [0.05, 0.1) is 0 Å². The molecule has 150 valence electrons. The molecule has 0 aliphatic heterocycles. The summed E-state index contributed by atoms with van der Waals surface area (Å²) in [4.78, 5) is 27.2. The van der Waals surface area contributed by atoms with Crippen molar-refractivity contribution in [1.29, 1.82) is 0 Å². The van der Waals surface area contributed by atoms with E-state index in [9.17, 15) is 9.59 Å². The summed E-state index contributed by atoms with van der Waals surface area (Å²) in [5.41, 5.74) is 2.11. The van der Waals surface area contributed by atoms with Gasteiger partial charge in [-0.2, -0.15) is 0 Å². The van der Waals surface area contributed by atoms with Crippen LogP contribution in [0.3, 0.4) is 0 Å². The Morgan fingerprint density at radius 1 is 1.11 bits per heavy atom. The van der Waals surface area contributed by atoms with E-state index in [1.54, 1.807) is 4.90 Å². The predicted octanol–water partition coefficient (Wildman–Crippen LogP) is 3.92. The van der Waals surface area contributed by atoms with Gasteiger partial charge in [-0.3, -0.25) is 9.59 Å². The van der Waals surface area contributed by atoms with Gasteiger partial charge in [-0.25, -0.2) is 0 Å². The molecule has 5 nitrogen and oxygen atoms in total. The molecular weight excluding hydrogens is 467 g/mol. The van der Waals surface area contributed by atoms with Crippen molar-refractivity contribution in [2.75, 3.05) is 13.2 Å². The maximum absolute atomic E-state index is 13.0. The first-order valence-corrected chi connectivity index (χ1v) is 10.5. The fraction of sp³-hybridized carbons (Fsp3) is 0.364. The average Bonchev–Trinajstić information content (AvgIpc) is 2.69. The number of ether oxygens (including phenoxy) is 1. The van der Waals surface area contributed by atoms with E-state index in [-0.39, 0.29) is 18.4 Å². The minimum absolute atomic E-state index is 0.109. The van der Waals surface area contributed by atoms with E-state index in [4.69, 9.17) is 4.74 Å². The van der Waals surface area contributed by atoms with Crippen molar-refractivity contribution in [3.63, 3.8) is 0 Å². The zero-order chi connectivity index (χ0) is 20.5. The minimum atomic E-state index is -0.535. The summed E-state index contributed by atoms with van der Waals surface area (Å²) >= 11 is 2.22. The molecule has 0 aromatic heterocycles. The summed E-state index contributed by atoms with van der Waals surface area (Å²) in [7, 11) is 0. The van der Waals surface area contributed by atoms with Crippen molar-refractivity contribution < 1.29 is 14.3 Å². The van der Waals surface area contributed by atoms with Crippen molar-refractivity contribution in [1.82, 2.24) is 10.2 Å². The summed E-state index contributed by atoms with van der Waals surface area (Å²) in [6.07, 6.45) is 0.535. The topological polar surface area (TPSA) is 58.6 Å². The van der Waals surface area contributed by atoms with Gasteiger partial charge in [0.2, 0.25) is 5.91 Å². The van der Waals surface area contributed by atoms with Crippen molar-refractivity contribution in [2.45, 2.75) is 39.8 Å². The molecule has 28 heavy (non-hydrogen) atoms. The number of carbonyl (C=O) groups excluding carboxylic acids is 2. The molecule has 0 aliphatic carbocycles. The van der Waals surface area contributed by atoms with Gasteiger partial charge in [0.25, 0.3) is 5.91 Å². The molecule has 2 amide bonds.